The van der Waals surface area contributed by atoms with Crippen LogP contribution in [0.3, 0.4) is 0 Å². The van der Waals surface area contributed by atoms with Crippen molar-refractivity contribution in [3.63, 3.8) is 0 Å². The van der Waals surface area contributed by atoms with Gasteiger partial charge in [0, 0.05) is 27.9 Å². The van der Waals surface area contributed by atoms with Crippen molar-refractivity contribution in [3.05, 3.63) is 119 Å². The van der Waals surface area contributed by atoms with Crippen molar-refractivity contribution < 1.29 is 23.9 Å². The number of nitrogens with one attached hydrogen (secondary N) is 3. The van der Waals surface area contributed by atoms with Crippen LogP contribution in [-0.4, -0.2) is 36.2 Å². The van der Waals surface area contributed by atoms with E-state index in [0.717, 1.165) is 16.0 Å². The molecule has 0 radical (unpaired) electrons. The average Bonchev–Trinajstić information content (AvgIpc) is 3.04. The molecular formula is C35H33N3O5S. The minimum absolute atomic E-state index is 0.108. The summed E-state index contributed by atoms with van der Waals surface area (Å²) in [5, 5.41) is 8.28. The van der Waals surface area contributed by atoms with Gasteiger partial charge in [0.25, 0.3) is 11.8 Å². The molecule has 0 aliphatic carbocycles. The van der Waals surface area contributed by atoms with Gasteiger partial charge < -0.3 is 25.4 Å². The van der Waals surface area contributed by atoms with Gasteiger partial charge in [0.1, 0.15) is 18.9 Å². The normalized spacial score (nSPS) is 13.0. The molecule has 1 heterocycles. The molecule has 0 spiro atoms. The van der Waals surface area contributed by atoms with Crippen molar-refractivity contribution >= 4 is 46.9 Å². The van der Waals surface area contributed by atoms with E-state index in [9.17, 15) is 14.4 Å². The summed E-state index contributed by atoms with van der Waals surface area (Å²) in [6.45, 7) is 4.85. The molecule has 224 valence electrons. The zero-order chi connectivity index (χ0) is 30.9. The van der Waals surface area contributed by atoms with E-state index in [4.69, 9.17) is 9.47 Å². The van der Waals surface area contributed by atoms with E-state index in [1.54, 1.807) is 54.6 Å². The van der Waals surface area contributed by atoms with Crippen molar-refractivity contribution in [2.75, 3.05) is 23.8 Å². The molecule has 3 amide bonds. The molecule has 1 aliphatic heterocycles. The highest BCUT2D eigenvalue weighted by molar-refractivity contribution is 8.00. The maximum absolute atomic E-state index is 13.5. The monoisotopic (exact) mass is 607 g/mol. The van der Waals surface area contributed by atoms with Gasteiger partial charge in [-0.15, -0.1) is 11.8 Å². The highest BCUT2D eigenvalue weighted by Gasteiger charge is 2.21. The van der Waals surface area contributed by atoms with E-state index in [1.807, 2.05) is 62.4 Å². The van der Waals surface area contributed by atoms with Crippen molar-refractivity contribution in [3.8, 4) is 11.5 Å². The topological polar surface area (TPSA) is 106 Å². The number of hydrogen-bond acceptors (Lipinski definition) is 6. The van der Waals surface area contributed by atoms with E-state index in [2.05, 4.69) is 16.0 Å². The first-order valence-electron chi connectivity index (χ1n) is 14.3. The molecule has 3 N–H and O–H groups in total. The number of carbonyl (C=O) groups is 3. The molecule has 4 aromatic carbocycles. The Morgan fingerprint density at radius 3 is 2.32 bits per heavy atom. The zero-order valence-corrected chi connectivity index (χ0v) is 25.3. The molecule has 1 atom stereocenters. The fraction of sp³-hybridized carbons (Fsp3) is 0.171. The molecule has 0 fully saturated rings. The molecule has 9 heteroatoms. The number of ether oxygens (including phenoxy) is 2. The lowest BCUT2D eigenvalue weighted by atomic mass is 10.1. The summed E-state index contributed by atoms with van der Waals surface area (Å²) in [4.78, 5) is 40.5. The molecule has 8 nitrogen and oxygen atoms in total. The third kappa shape index (κ3) is 7.87. The standard InChI is InChI=1S/C35H33N3O5S/c1-3-32(35(41)37-27-16-17-30-31(22-27)43-19-18-42-30)44-28-15-9-14-26(21-28)36-34(40)29(20-25-13-8-7-10-23(25)2)38-33(39)24-11-5-4-6-12-24/h4-17,20-22,32H,3,18-19H2,1-2H3,(H,36,40)(H,37,41)(H,38,39)/b29-20-. The van der Waals surface area contributed by atoms with Gasteiger partial charge >= 0.3 is 0 Å². The van der Waals surface area contributed by atoms with Crippen molar-refractivity contribution in [2.24, 2.45) is 0 Å². The van der Waals surface area contributed by atoms with Crippen LogP contribution in [0.25, 0.3) is 6.08 Å². The van der Waals surface area contributed by atoms with Crippen LogP contribution in [0.15, 0.2) is 108 Å². The third-order valence-electron chi connectivity index (χ3n) is 6.86. The van der Waals surface area contributed by atoms with Crippen molar-refractivity contribution in [1.29, 1.82) is 0 Å². The highest BCUT2D eigenvalue weighted by Crippen LogP contribution is 2.34. The lowest BCUT2D eigenvalue weighted by Crippen LogP contribution is -2.30. The van der Waals surface area contributed by atoms with E-state index in [1.165, 1.54) is 11.8 Å². The predicted molar refractivity (Wildman–Crippen MR) is 174 cm³/mol. The summed E-state index contributed by atoms with van der Waals surface area (Å²) in [6.07, 6.45) is 2.26. The Labute approximate surface area is 260 Å². The van der Waals surface area contributed by atoms with Crippen LogP contribution in [-0.2, 0) is 9.59 Å². The zero-order valence-electron chi connectivity index (χ0n) is 24.5. The number of fused-ring (bicyclic) bond motifs is 1. The van der Waals surface area contributed by atoms with Crippen LogP contribution < -0.4 is 25.4 Å². The number of anilines is 2. The molecule has 0 saturated carbocycles. The first-order valence-corrected chi connectivity index (χ1v) is 15.2. The van der Waals surface area contributed by atoms with Crippen LogP contribution in [0.5, 0.6) is 11.5 Å². The van der Waals surface area contributed by atoms with Crippen LogP contribution in [0.2, 0.25) is 0 Å². The van der Waals surface area contributed by atoms with E-state index in [-0.39, 0.29) is 22.8 Å². The van der Waals surface area contributed by atoms with Crippen LogP contribution >= 0.6 is 11.8 Å². The second kappa shape index (κ2) is 14.4. The molecule has 0 bridgehead atoms. The van der Waals surface area contributed by atoms with Gasteiger partial charge in [0.05, 0.1) is 5.25 Å². The van der Waals surface area contributed by atoms with Crippen molar-refractivity contribution in [2.45, 2.75) is 30.4 Å². The Bertz CT molecular complexity index is 1690. The molecule has 1 unspecified atom stereocenters. The highest BCUT2D eigenvalue weighted by atomic mass is 32.2. The number of amides is 3. The number of rotatable bonds is 10. The Morgan fingerprint density at radius 2 is 1.55 bits per heavy atom. The number of aryl methyl sites for hydroxylation is 1. The lowest BCUT2D eigenvalue weighted by molar-refractivity contribution is -0.116. The first-order chi connectivity index (χ1) is 21.4. The van der Waals surface area contributed by atoms with Crippen LogP contribution in [0, 0.1) is 6.92 Å². The molecule has 0 saturated heterocycles. The maximum atomic E-state index is 13.5. The summed E-state index contributed by atoms with van der Waals surface area (Å²) in [5.74, 6) is 0.263. The van der Waals surface area contributed by atoms with Gasteiger partial charge in [-0.25, -0.2) is 0 Å². The SMILES string of the molecule is CCC(Sc1cccc(NC(=O)/C(=C/c2ccccc2C)NC(=O)c2ccccc2)c1)C(=O)Nc1ccc2c(c1)OCCO2. The van der Waals surface area contributed by atoms with Crippen LogP contribution in [0.1, 0.15) is 34.8 Å². The predicted octanol–water partition coefficient (Wildman–Crippen LogP) is 6.69. The second-order valence-corrected chi connectivity index (χ2v) is 11.4. The minimum atomic E-state index is -0.469. The molecule has 44 heavy (non-hydrogen) atoms. The lowest BCUT2D eigenvalue weighted by Gasteiger charge is -2.20. The number of benzene rings is 4. The summed E-state index contributed by atoms with van der Waals surface area (Å²) in [7, 11) is 0. The van der Waals surface area contributed by atoms with Crippen LogP contribution in [0.4, 0.5) is 11.4 Å². The van der Waals surface area contributed by atoms with Gasteiger partial charge in [-0.1, -0.05) is 55.5 Å². The van der Waals surface area contributed by atoms with Gasteiger partial charge in [0.2, 0.25) is 5.91 Å². The minimum Gasteiger partial charge on any atom is -0.486 e. The Hall–Kier alpha value is -5.02. The molecule has 0 aromatic heterocycles. The molecule has 5 rings (SSSR count). The summed E-state index contributed by atoms with van der Waals surface area (Å²) >= 11 is 1.40. The average molecular weight is 608 g/mol. The quantitative estimate of drug-likeness (QED) is 0.137. The molecular weight excluding hydrogens is 574 g/mol. The Balaban J connectivity index is 1.29. The summed E-state index contributed by atoms with van der Waals surface area (Å²) in [6, 6.07) is 29.0. The number of hydrogen-bond donors (Lipinski definition) is 3. The fourth-order valence-electron chi connectivity index (χ4n) is 4.52. The number of thioether (sulfide) groups is 1. The van der Waals surface area contributed by atoms with Gasteiger partial charge in [-0.2, -0.15) is 0 Å². The van der Waals surface area contributed by atoms with Gasteiger partial charge in [0.15, 0.2) is 11.5 Å². The van der Waals surface area contributed by atoms with E-state index in [0.29, 0.717) is 48.1 Å². The van der Waals surface area contributed by atoms with Gasteiger partial charge in [-0.05, 0) is 73.0 Å². The smallest absolute Gasteiger partial charge is 0.272 e. The largest absolute Gasteiger partial charge is 0.486 e. The second-order valence-electron chi connectivity index (χ2n) is 10.1. The maximum Gasteiger partial charge on any atom is 0.272 e. The summed E-state index contributed by atoms with van der Waals surface area (Å²) in [5.41, 5.74) is 3.48. The third-order valence-corrected chi connectivity index (χ3v) is 8.22. The Morgan fingerprint density at radius 1 is 0.818 bits per heavy atom. The van der Waals surface area contributed by atoms with Gasteiger partial charge in [-0.3, -0.25) is 14.4 Å². The fourth-order valence-corrected chi connectivity index (χ4v) is 5.54. The van der Waals surface area contributed by atoms with E-state index < -0.39 is 5.91 Å². The van der Waals surface area contributed by atoms with E-state index >= 15 is 0 Å². The first kappa shape index (κ1) is 30.4. The summed E-state index contributed by atoms with van der Waals surface area (Å²) < 4.78 is 11.2. The molecule has 1 aliphatic rings. The Kier molecular flexibility index (Phi) is 9.99. The van der Waals surface area contributed by atoms with Crippen molar-refractivity contribution in [1.82, 2.24) is 5.32 Å². The molecule has 4 aromatic rings. The number of carbonyl (C=O) groups excluding carboxylic acids is 3.